The number of carbonyl (C=O) groups is 2. The van der Waals surface area contributed by atoms with E-state index in [-0.39, 0.29) is 24.1 Å². The van der Waals surface area contributed by atoms with E-state index >= 15 is 0 Å². The smallest absolute Gasteiger partial charge is 0.251 e. The molecule has 3 aromatic rings. The van der Waals surface area contributed by atoms with Crippen LogP contribution in [-0.4, -0.2) is 46.6 Å². The number of benzene rings is 2. The molecule has 0 saturated carbocycles. The monoisotopic (exact) mass is 547 g/mol. The van der Waals surface area contributed by atoms with Gasteiger partial charge in [-0.2, -0.15) is 0 Å². The zero-order chi connectivity index (χ0) is 24.7. The Balaban J connectivity index is 1.58. The first kappa shape index (κ1) is 25.6. The lowest BCUT2D eigenvalue weighted by molar-refractivity contribution is -0.113. The Morgan fingerprint density at radius 3 is 2.53 bits per heavy atom. The second-order valence-corrected chi connectivity index (χ2v) is 8.99. The molecular weight excluding hydrogens is 522 g/mol. The van der Waals surface area contributed by atoms with Crippen molar-refractivity contribution in [2.75, 3.05) is 25.3 Å². The van der Waals surface area contributed by atoms with Crippen molar-refractivity contribution in [1.29, 1.82) is 0 Å². The van der Waals surface area contributed by atoms with Crippen molar-refractivity contribution in [3.05, 3.63) is 57.8 Å². The summed E-state index contributed by atoms with van der Waals surface area (Å²) in [5, 5.41) is 14.7. The zero-order valence-electron chi connectivity index (χ0n) is 19.3. The van der Waals surface area contributed by atoms with Crippen molar-refractivity contribution in [3.63, 3.8) is 0 Å². The van der Waals surface area contributed by atoms with Crippen LogP contribution in [0.5, 0.6) is 11.5 Å². The van der Waals surface area contributed by atoms with Crippen LogP contribution in [0.15, 0.2) is 46.0 Å². The highest BCUT2D eigenvalue weighted by molar-refractivity contribution is 9.10. The molecular formula is C23H26BrN5O4S. The maximum Gasteiger partial charge on any atom is 0.251 e. The summed E-state index contributed by atoms with van der Waals surface area (Å²) in [7, 11) is 3.05. The number of ether oxygens (including phenoxy) is 2. The van der Waals surface area contributed by atoms with Gasteiger partial charge in [-0.25, -0.2) is 0 Å². The highest BCUT2D eigenvalue weighted by Gasteiger charge is 2.16. The van der Waals surface area contributed by atoms with Gasteiger partial charge in [0, 0.05) is 22.3 Å². The molecule has 0 fully saturated rings. The van der Waals surface area contributed by atoms with Gasteiger partial charge >= 0.3 is 0 Å². The number of aryl methyl sites for hydroxylation is 1. The molecule has 1 aromatic heterocycles. The highest BCUT2D eigenvalue weighted by atomic mass is 79.9. The van der Waals surface area contributed by atoms with E-state index < -0.39 is 0 Å². The second-order valence-electron chi connectivity index (χ2n) is 7.20. The number of nitrogens with zero attached hydrogens (tertiary/aromatic N) is 3. The zero-order valence-corrected chi connectivity index (χ0v) is 21.7. The van der Waals surface area contributed by atoms with Gasteiger partial charge in [-0.3, -0.25) is 9.59 Å². The number of thioether (sulfide) groups is 1. The van der Waals surface area contributed by atoms with E-state index in [4.69, 9.17) is 9.47 Å². The average molecular weight is 548 g/mol. The van der Waals surface area contributed by atoms with Crippen molar-refractivity contribution in [2.24, 2.45) is 0 Å². The third-order valence-electron chi connectivity index (χ3n) is 4.94. The molecule has 11 heteroatoms. The van der Waals surface area contributed by atoms with Crippen molar-refractivity contribution in [1.82, 2.24) is 20.1 Å². The van der Waals surface area contributed by atoms with Crippen LogP contribution >= 0.6 is 27.7 Å². The van der Waals surface area contributed by atoms with Crippen molar-refractivity contribution in [3.8, 4) is 11.5 Å². The molecule has 0 atom stereocenters. The molecule has 0 unspecified atom stereocenters. The van der Waals surface area contributed by atoms with Gasteiger partial charge < -0.3 is 24.7 Å². The number of carbonyl (C=O) groups excluding carboxylic acids is 2. The second kappa shape index (κ2) is 11.9. The number of anilines is 1. The minimum Gasteiger partial charge on any atom is -0.493 e. The Morgan fingerprint density at radius 1 is 1.09 bits per heavy atom. The van der Waals surface area contributed by atoms with Gasteiger partial charge in [0.25, 0.3) is 5.91 Å². The van der Waals surface area contributed by atoms with Gasteiger partial charge in [0.1, 0.15) is 0 Å². The van der Waals surface area contributed by atoms with Crippen molar-refractivity contribution >= 4 is 45.2 Å². The fourth-order valence-corrected chi connectivity index (χ4v) is 4.23. The molecule has 34 heavy (non-hydrogen) atoms. The summed E-state index contributed by atoms with van der Waals surface area (Å²) in [4.78, 5) is 25.0. The number of nitrogens with one attached hydrogen (secondary N) is 2. The third-order valence-corrected chi connectivity index (χ3v) is 6.79. The molecule has 2 aromatic carbocycles. The Morgan fingerprint density at radius 2 is 1.85 bits per heavy atom. The third kappa shape index (κ3) is 6.29. The Hall–Kier alpha value is -3.05. The molecule has 0 spiro atoms. The molecule has 0 aliphatic carbocycles. The van der Waals surface area contributed by atoms with E-state index in [0.29, 0.717) is 34.6 Å². The van der Waals surface area contributed by atoms with E-state index in [9.17, 15) is 9.59 Å². The van der Waals surface area contributed by atoms with Crippen LogP contribution in [0.2, 0.25) is 0 Å². The molecule has 180 valence electrons. The van der Waals surface area contributed by atoms with Gasteiger partial charge in [0.15, 0.2) is 22.5 Å². The van der Waals surface area contributed by atoms with E-state index in [0.717, 1.165) is 15.7 Å². The average Bonchev–Trinajstić information content (AvgIpc) is 3.24. The molecule has 3 rings (SSSR count). The maximum atomic E-state index is 12.6. The standard InChI is InChI=1S/C23H26BrN5O4S/c1-5-29-20(12-25-22(31)15-6-9-18(32-3)19(11-15)33-4)27-28-23(29)34-13-21(30)26-16-7-8-17(24)14(2)10-16/h6-11H,5,12-13H2,1-4H3,(H,25,31)(H,26,30). The lowest BCUT2D eigenvalue weighted by Crippen LogP contribution is -2.25. The summed E-state index contributed by atoms with van der Waals surface area (Å²) in [6, 6.07) is 10.6. The molecule has 0 aliphatic heterocycles. The number of rotatable bonds is 10. The number of halogens is 1. The summed E-state index contributed by atoms with van der Waals surface area (Å²) >= 11 is 4.74. The van der Waals surface area contributed by atoms with E-state index in [1.54, 1.807) is 18.2 Å². The van der Waals surface area contributed by atoms with E-state index in [1.165, 1.54) is 26.0 Å². The topological polar surface area (TPSA) is 107 Å². The lowest BCUT2D eigenvalue weighted by Gasteiger charge is -2.11. The first-order chi connectivity index (χ1) is 16.4. The molecule has 0 saturated heterocycles. The number of amides is 2. The van der Waals surface area contributed by atoms with E-state index in [2.05, 4.69) is 36.8 Å². The van der Waals surface area contributed by atoms with Crippen LogP contribution in [0, 0.1) is 6.92 Å². The fourth-order valence-electron chi connectivity index (χ4n) is 3.16. The maximum absolute atomic E-state index is 12.6. The largest absolute Gasteiger partial charge is 0.493 e. The summed E-state index contributed by atoms with van der Waals surface area (Å²) in [5.41, 5.74) is 2.22. The normalized spacial score (nSPS) is 10.6. The van der Waals surface area contributed by atoms with Gasteiger partial charge in [-0.15, -0.1) is 10.2 Å². The summed E-state index contributed by atoms with van der Waals surface area (Å²) in [6.45, 7) is 4.71. The molecule has 2 N–H and O–H groups in total. The van der Waals surface area contributed by atoms with Crippen LogP contribution in [0.25, 0.3) is 0 Å². The molecule has 0 bridgehead atoms. The Kier molecular flexibility index (Phi) is 8.94. The van der Waals surface area contributed by atoms with Crippen LogP contribution in [0.1, 0.15) is 28.7 Å². The van der Waals surface area contributed by atoms with Crippen LogP contribution in [-0.2, 0) is 17.9 Å². The predicted molar refractivity (Wildman–Crippen MR) is 135 cm³/mol. The molecule has 2 amide bonds. The first-order valence-electron chi connectivity index (χ1n) is 10.5. The number of hydrogen-bond donors (Lipinski definition) is 2. The van der Waals surface area contributed by atoms with Crippen LogP contribution in [0.3, 0.4) is 0 Å². The molecule has 0 aliphatic rings. The first-order valence-corrected chi connectivity index (χ1v) is 12.2. The summed E-state index contributed by atoms with van der Waals surface area (Å²) in [5.74, 6) is 1.40. The molecule has 9 nitrogen and oxygen atoms in total. The van der Waals surface area contributed by atoms with Crippen LogP contribution in [0.4, 0.5) is 5.69 Å². The minimum absolute atomic E-state index is 0.138. The quantitative estimate of drug-likeness (QED) is 0.368. The number of hydrogen-bond acceptors (Lipinski definition) is 7. The SMILES string of the molecule is CCn1c(CNC(=O)c2ccc(OC)c(OC)c2)nnc1SCC(=O)Nc1ccc(Br)c(C)c1. The van der Waals surface area contributed by atoms with Crippen molar-refractivity contribution < 1.29 is 19.1 Å². The fraction of sp³-hybridized carbons (Fsp3) is 0.304. The van der Waals surface area contributed by atoms with Gasteiger partial charge in [-0.1, -0.05) is 27.7 Å². The highest BCUT2D eigenvalue weighted by Crippen LogP contribution is 2.27. The Bertz CT molecular complexity index is 1180. The number of aromatic nitrogens is 3. The number of methoxy groups -OCH3 is 2. The van der Waals surface area contributed by atoms with Crippen LogP contribution < -0.4 is 20.1 Å². The minimum atomic E-state index is -0.273. The molecule has 0 radical (unpaired) electrons. The summed E-state index contributed by atoms with van der Waals surface area (Å²) in [6.07, 6.45) is 0. The van der Waals surface area contributed by atoms with Crippen molar-refractivity contribution in [2.45, 2.75) is 32.1 Å². The van der Waals surface area contributed by atoms with Gasteiger partial charge in [-0.05, 0) is 55.8 Å². The predicted octanol–water partition coefficient (Wildman–Crippen LogP) is 4.05. The van der Waals surface area contributed by atoms with Gasteiger partial charge in [0.05, 0.1) is 26.5 Å². The Labute approximate surface area is 210 Å². The molecule has 1 heterocycles. The van der Waals surface area contributed by atoms with Gasteiger partial charge in [0.2, 0.25) is 5.91 Å². The lowest BCUT2D eigenvalue weighted by atomic mass is 10.2. The van der Waals surface area contributed by atoms with E-state index in [1.807, 2.05) is 36.6 Å². The summed E-state index contributed by atoms with van der Waals surface area (Å²) < 4.78 is 13.3.